The predicted octanol–water partition coefficient (Wildman–Crippen LogP) is 3.23. The molecular weight excluding hydrogens is 244 g/mol. The molecular formula is C8H4Cl3N3. The second-order valence-electron chi connectivity index (χ2n) is 2.57. The first-order valence-corrected chi connectivity index (χ1v) is 4.83. The largest absolute Gasteiger partial charge is 0.219 e. The van der Waals surface area contributed by atoms with Gasteiger partial charge in [-0.15, -0.1) is 5.10 Å². The average Bonchev–Trinajstić information content (AvgIpc) is 2.64. The van der Waals surface area contributed by atoms with Gasteiger partial charge in [-0.25, -0.2) is 4.68 Å². The Kier molecular flexibility index (Phi) is 2.63. The van der Waals surface area contributed by atoms with Gasteiger partial charge >= 0.3 is 0 Å². The Morgan fingerprint density at radius 1 is 1.00 bits per heavy atom. The van der Waals surface area contributed by atoms with Crippen LogP contribution in [0.4, 0.5) is 0 Å². The molecule has 0 atom stereocenters. The van der Waals surface area contributed by atoms with Gasteiger partial charge in [-0.3, -0.25) is 0 Å². The molecule has 72 valence electrons. The molecule has 0 N–H and O–H groups in total. The molecule has 0 unspecified atom stereocenters. The van der Waals surface area contributed by atoms with Gasteiger partial charge in [0.15, 0.2) is 0 Å². The molecule has 1 aromatic carbocycles. The number of benzene rings is 1. The van der Waals surface area contributed by atoms with Crippen LogP contribution in [0.2, 0.25) is 15.1 Å². The fourth-order valence-electron chi connectivity index (χ4n) is 1.02. The molecule has 0 aliphatic carbocycles. The van der Waals surface area contributed by atoms with Crippen LogP contribution >= 0.6 is 34.8 Å². The van der Waals surface area contributed by atoms with Crippen LogP contribution in [-0.2, 0) is 0 Å². The molecule has 2 aromatic rings. The number of rotatable bonds is 1. The molecule has 0 radical (unpaired) electrons. The molecule has 0 amide bonds. The first kappa shape index (κ1) is 9.77. The van der Waals surface area contributed by atoms with E-state index in [9.17, 15) is 0 Å². The van der Waals surface area contributed by atoms with Gasteiger partial charge in [0.2, 0.25) is 0 Å². The Balaban J connectivity index is 2.60. The molecule has 14 heavy (non-hydrogen) atoms. The van der Waals surface area contributed by atoms with Crippen LogP contribution in [0.3, 0.4) is 0 Å². The summed E-state index contributed by atoms with van der Waals surface area (Å²) in [5.41, 5.74) is 0.651. The van der Waals surface area contributed by atoms with Crippen molar-refractivity contribution in [1.29, 1.82) is 0 Å². The van der Waals surface area contributed by atoms with Gasteiger partial charge in [0.1, 0.15) is 0 Å². The van der Waals surface area contributed by atoms with E-state index in [2.05, 4.69) is 10.3 Å². The highest BCUT2D eigenvalue weighted by Gasteiger charge is 2.07. The summed E-state index contributed by atoms with van der Waals surface area (Å²) in [4.78, 5) is 0. The fraction of sp³-hybridized carbons (Fsp3) is 0. The second-order valence-corrected chi connectivity index (χ2v) is 3.79. The van der Waals surface area contributed by atoms with Crippen molar-refractivity contribution in [2.45, 2.75) is 0 Å². The predicted molar refractivity (Wildman–Crippen MR) is 56.4 cm³/mol. The number of nitrogens with zero attached hydrogens (tertiary/aromatic N) is 3. The lowest BCUT2D eigenvalue weighted by Gasteiger charge is -2.04. The van der Waals surface area contributed by atoms with Gasteiger partial charge in [0, 0.05) is 0 Å². The zero-order valence-corrected chi connectivity index (χ0v) is 9.05. The minimum Gasteiger partial charge on any atom is -0.219 e. The van der Waals surface area contributed by atoms with Gasteiger partial charge in [-0.1, -0.05) is 40.0 Å². The average molecular weight is 249 g/mol. The zero-order valence-electron chi connectivity index (χ0n) is 6.78. The summed E-state index contributed by atoms with van der Waals surface area (Å²) in [6.07, 6.45) is 3.23. The molecule has 0 aliphatic rings. The Labute approximate surface area is 95.2 Å². The molecule has 0 aliphatic heterocycles. The van der Waals surface area contributed by atoms with Crippen molar-refractivity contribution in [3.8, 4) is 5.69 Å². The minimum absolute atomic E-state index is 0.417. The van der Waals surface area contributed by atoms with Crippen LogP contribution in [0.25, 0.3) is 5.69 Å². The highest BCUT2D eigenvalue weighted by atomic mass is 35.5. The van der Waals surface area contributed by atoms with Crippen molar-refractivity contribution >= 4 is 34.8 Å². The molecule has 0 saturated carbocycles. The Morgan fingerprint density at radius 2 is 1.71 bits per heavy atom. The summed E-state index contributed by atoms with van der Waals surface area (Å²) >= 11 is 17.6. The molecule has 6 heteroatoms. The van der Waals surface area contributed by atoms with Crippen molar-refractivity contribution in [2.24, 2.45) is 0 Å². The van der Waals surface area contributed by atoms with E-state index in [0.29, 0.717) is 20.8 Å². The van der Waals surface area contributed by atoms with Crippen LogP contribution in [0.15, 0.2) is 24.5 Å². The van der Waals surface area contributed by atoms with E-state index < -0.39 is 0 Å². The Morgan fingerprint density at radius 3 is 2.36 bits per heavy atom. The highest BCUT2D eigenvalue weighted by molar-refractivity contribution is 6.43. The van der Waals surface area contributed by atoms with Crippen LogP contribution in [0.1, 0.15) is 0 Å². The van der Waals surface area contributed by atoms with E-state index in [0.717, 1.165) is 0 Å². The lowest BCUT2D eigenvalue weighted by Crippen LogP contribution is -1.96. The number of hydrogen-bond acceptors (Lipinski definition) is 2. The smallest absolute Gasteiger partial charge is 0.0865 e. The van der Waals surface area contributed by atoms with Crippen molar-refractivity contribution in [3.05, 3.63) is 39.6 Å². The number of aromatic nitrogens is 3. The Bertz CT molecular complexity index is 453. The lowest BCUT2D eigenvalue weighted by molar-refractivity contribution is 0.803. The molecule has 2 rings (SSSR count). The molecule has 0 fully saturated rings. The first-order chi connectivity index (χ1) is 6.68. The van der Waals surface area contributed by atoms with Crippen LogP contribution < -0.4 is 0 Å². The topological polar surface area (TPSA) is 30.7 Å². The van der Waals surface area contributed by atoms with Gasteiger partial charge < -0.3 is 0 Å². The van der Waals surface area contributed by atoms with Gasteiger partial charge in [0.25, 0.3) is 0 Å². The van der Waals surface area contributed by atoms with Crippen LogP contribution in [-0.4, -0.2) is 15.0 Å². The molecule has 0 spiro atoms. The fourth-order valence-corrected chi connectivity index (χ4v) is 1.65. The van der Waals surface area contributed by atoms with E-state index in [1.165, 1.54) is 4.68 Å². The van der Waals surface area contributed by atoms with Crippen molar-refractivity contribution in [3.63, 3.8) is 0 Å². The van der Waals surface area contributed by atoms with Crippen molar-refractivity contribution in [2.75, 3.05) is 0 Å². The van der Waals surface area contributed by atoms with Crippen LogP contribution in [0.5, 0.6) is 0 Å². The van der Waals surface area contributed by atoms with E-state index in [4.69, 9.17) is 34.8 Å². The summed E-state index contributed by atoms with van der Waals surface area (Å²) in [6, 6.07) is 3.21. The first-order valence-electron chi connectivity index (χ1n) is 3.69. The van der Waals surface area contributed by atoms with Gasteiger partial charge in [-0.2, -0.15) is 0 Å². The summed E-state index contributed by atoms with van der Waals surface area (Å²) in [5.74, 6) is 0. The maximum absolute atomic E-state index is 5.96. The minimum atomic E-state index is 0.417. The highest BCUT2D eigenvalue weighted by Crippen LogP contribution is 2.30. The third-order valence-electron chi connectivity index (χ3n) is 1.66. The summed E-state index contributed by atoms with van der Waals surface area (Å²) < 4.78 is 1.52. The molecule has 1 aromatic heterocycles. The monoisotopic (exact) mass is 247 g/mol. The zero-order chi connectivity index (χ0) is 10.1. The van der Waals surface area contributed by atoms with E-state index in [-0.39, 0.29) is 0 Å². The maximum atomic E-state index is 5.96. The SMILES string of the molecule is Clc1cc(Cl)c(-n2ccnn2)cc1Cl. The van der Waals surface area contributed by atoms with Crippen LogP contribution in [0, 0.1) is 0 Å². The number of halogens is 3. The van der Waals surface area contributed by atoms with Crippen molar-refractivity contribution in [1.82, 2.24) is 15.0 Å². The Hall–Kier alpha value is -0.770. The lowest BCUT2D eigenvalue weighted by atomic mass is 10.3. The molecule has 0 bridgehead atoms. The maximum Gasteiger partial charge on any atom is 0.0865 e. The quantitative estimate of drug-likeness (QED) is 0.726. The third kappa shape index (κ3) is 1.71. The van der Waals surface area contributed by atoms with Crippen molar-refractivity contribution < 1.29 is 0 Å². The van der Waals surface area contributed by atoms with E-state index in [1.807, 2.05) is 0 Å². The standard InChI is InChI=1S/C8H4Cl3N3/c9-5-3-7(11)8(4-6(5)10)14-2-1-12-13-14/h1-4H. The third-order valence-corrected chi connectivity index (χ3v) is 2.68. The summed E-state index contributed by atoms with van der Waals surface area (Å²) in [6.45, 7) is 0. The van der Waals surface area contributed by atoms with Gasteiger partial charge in [0.05, 0.1) is 33.1 Å². The number of hydrogen-bond donors (Lipinski definition) is 0. The van der Waals surface area contributed by atoms with Gasteiger partial charge in [-0.05, 0) is 12.1 Å². The summed E-state index contributed by atoms with van der Waals surface area (Å²) in [5, 5.41) is 8.79. The second kappa shape index (κ2) is 3.77. The van der Waals surface area contributed by atoms with E-state index in [1.54, 1.807) is 24.5 Å². The normalized spacial score (nSPS) is 10.5. The van der Waals surface area contributed by atoms with E-state index >= 15 is 0 Å². The molecule has 3 nitrogen and oxygen atoms in total. The molecule has 1 heterocycles. The summed E-state index contributed by atoms with van der Waals surface area (Å²) in [7, 11) is 0. The molecule has 0 saturated heterocycles.